The Bertz CT molecular complexity index is 1500. The maximum Gasteiger partial charge on any atom is 0.269 e. The van der Waals surface area contributed by atoms with Gasteiger partial charge in [-0.05, 0) is 116 Å². The molecular formula is C37H38N2O6. The topological polar surface area (TPSA) is 105 Å². The monoisotopic (exact) mass is 606 g/mol. The fraction of sp³-hybridized carbons (Fsp3) is 0.351. The summed E-state index contributed by atoms with van der Waals surface area (Å²) in [4.78, 5) is 21.2. The average molecular weight is 607 g/mol. The predicted molar refractivity (Wildman–Crippen MR) is 173 cm³/mol. The molecule has 45 heavy (non-hydrogen) atoms. The van der Waals surface area contributed by atoms with Crippen molar-refractivity contribution in [2.45, 2.75) is 63.7 Å². The molecule has 0 heterocycles. The van der Waals surface area contributed by atoms with Gasteiger partial charge in [-0.15, -0.1) is 0 Å². The summed E-state index contributed by atoms with van der Waals surface area (Å²) in [7, 11) is 0. The summed E-state index contributed by atoms with van der Waals surface area (Å²) in [6.07, 6.45) is 9.91. The predicted octanol–water partition coefficient (Wildman–Crippen LogP) is 10.4. The van der Waals surface area contributed by atoms with Crippen LogP contribution in [0.3, 0.4) is 0 Å². The minimum absolute atomic E-state index is 0.0298. The number of nitro benzene ring substituents is 2. The average Bonchev–Trinajstić information content (AvgIpc) is 3.06. The lowest BCUT2D eigenvalue weighted by Gasteiger charge is -2.44. The molecule has 8 heteroatoms. The van der Waals surface area contributed by atoms with E-state index in [1.54, 1.807) is 24.3 Å². The van der Waals surface area contributed by atoms with Crippen LogP contribution >= 0.6 is 0 Å². The molecule has 232 valence electrons. The molecule has 0 radical (unpaired) electrons. The fourth-order valence-corrected chi connectivity index (χ4v) is 7.33. The first kappa shape index (κ1) is 30.3. The SMILES string of the molecule is C[C@H]1CC[C@H](C2CCC(c3ccc(Oc4ccc([N+](=O)[O-])cc4)cc3)(c3ccc(Oc4ccc([N+](=O)[O-])cc4)cc3)CC2)CC1. The molecule has 0 amide bonds. The van der Waals surface area contributed by atoms with E-state index in [4.69, 9.17) is 9.47 Å². The molecule has 0 aromatic heterocycles. The Labute approximate surface area is 263 Å². The van der Waals surface area contributed by atoms with Crippen LogP contribution < -0.4 is 9.47 Å². The molecule has 0 spiro atoms. The number of hydrogen-bond acceptors (Lipinski definition) is 6. The molecule has 0 bridgehead atoms. The molecular weight excluding hydrogens is 568 g/mol. The van der Waals surface area contributed by atoms with Gasteiger partial charge in [0, 0.05) is 29.7 Å². The standard InChI is InChI=1S/C37H38N2O6/c1-26-2-4-27(5-3-26)28-22-24-37(25-23-28,29-6-14-33(15-7-29)44-35-18-10-31(11-19-35)38(40)41)30-8-16-34(17-9-30)45-36-20-12-32(13-21-36)39(42)43/h6-21,26-28H,2-5,22-25H2,1H3/t26-,27-. The Morgan fingerprint density at radius 1 is 0.533 bits per heavy atom. The fourth-order valence-electron chi connectivity index (χ4n) is 7.33. The van der Waals surface area contributed by atoms with Crippen LogP contribution in [0.2, 0.25) is 0 Å². The van der Waals surface area contributed by atoms with E-state index in [-0.39, 0.29) is 16.8 Å². The van der Waals surface area contributed by atoms with Crippen LogP contribution in [0, 0.1) is 38.0 Å². The first-order chi connectivity index (χ1) is 21.8. The van der Waals surface area contributed by atoms with E-state index in [0.29, 0.717) is 23.0 Å². The third-order valence-electron chi connectivity index (χ3n) is 9.99. The lowest BCUT2D eigenvalue weighted by molar-refractivity contribution is -0.385. The van der Waals surface area contributed by atoms with E-state index >= 15 is 0 Å². The molecule has 4 aromatic rings. The van der Waals surface area contributed by atoms with Crippen molar-refractivity contribution in [1.29, 1.82) is 0 Å². The second-order valence-electron chi connectivity index (χ2n) is 12.7. The summed E-state index contributed by atoms with van der Waals surface area (Å²) in [5.41, 5.74) is 2.41. The quantitative estimate of drug-likeness (QED) is 0.139. The van der Waals surface area contributed by atoms with Crippen molar-refractivity contribution in [2.24, 2.45) is 17.8 Å². The molecule has 2 saturated carbocycles. The molecule has 0 saturated heterocycles. The highest BCUT2D eigenvalue weighted by atomic mass is 16.6. The maximum atomic E-state index is 11.0. The van der Waals surface area contributed by atoms with Gasteiger partial charge in [0.2, 0.25) is 0 Å². The minimum atomic E-state index is -0.421. The van der Waals surface area contributed by atoms with Gasteiger partial charge in [0.25, 0.3) is 11.4 Å². The van der Waals surface area contributed by atoms with Crippen LogP contribution in [0.4, 0.5) is 11.4 Å². The summed E-state index contributed by atoms with van der Waals surface area (Å²) in [5.74, 6) is 4.90. The molecule has 2 fully saturated rings. The molecule has 4 aromatic carbocycles. The van der Waals surface area contributed by atoms with Gasteiger partial charge in [0.1, 0.15) is 23.0 Å². The van der Waals surface area contributed by atoms with Crippen molar-refractivity contribution >= 4 is 11.4 Å². The number of benzene rings is 4. The second-order valence-corrected chi connectivity index (χ2v) is 12.7. The first-order valence-electron chi connectivity index (χ1n) is 15.8. The lowest BCUT2D eigenvalue weighted by atomic mass is 9.60. The zero-order chi connectivity index (χ0) is 31.4. The van der Waals surface area contributed by atoms with Gasteiger partial charge in [-0.25, -0.2) is 0 Å². The van der Waals surface area contributed by atoms with Crippen molar-refractivity contribution in [3.05, 3.63) is 128 Å². The van der Waals surface area contributed by atoms with E-state index in [0.717, 1.165) is 30.6 Å². The number of nitrogens with zero attached hydrogens (tertiary/aromatic N) is 2. The number of rotatable bonds is 9. The maximum absolute atomic E-state index is 11.0. The highest BCUT2D eigenvalue weighted by molar-refractivity contribution is 5.46. The Hall–Kier alpha value is -4.72. The molecule has 6 rings (SSSR count). The van der Waals surface area contributed by atoms with E-state index in [1.165, 1.54) is 73.9 Å². The molecule has 2 aliphatic carbocycles. The number of nitro groups is 2. The van der Waals surface area contributed by atoms with E-state index < -0.39 is 9.85 Å². The van der Waals surface area contributed by atoms with Crippen LogP contribution in [-0.2, 0) is 5.41 Å². The van der Waals surface area contributed by atoms with Crippen molar-refractivity contribution in [3.8, 4) is 23.0 Å². The van der Waals surface area contributed by atoms with Crippen molar-refractivity contribution in [2.75, 3.05) is 0 Å². The van der Waals surface area contributed by atoms with Crippen molar-refractivity contribution in [1.82, 2.24) is 0 Å². The number of hydrogen-bond donors (Lipinski definition) is 0. The Kier molecular flexibility index (Phi) is 8.83. The Morgan fingerprint density at radius 3 is 1.22 bits per heavy atom. The zero-order valence-corrected chi connectivity index (χ0v) is 25.5. The molecule has 0 N–H and O–H groups in total. The van der Waals surface area contributed by atoms with Crippen LogP contribution in [0.1, 0.15) is 69.4 Å². The third kappa shape index (κ3) is 6.85. The van der Waals surface area contributed by atoms with Gasteiger partial charge in [-0.3, -0.25) is 20.2 Å². The summed E-state index contributed by atoms with van der Waals surface area (Å²) < 4.78 is 12.0. The molecule has 2 aliphatic rings. The van der Waals surface area contributed by atoms with E-state index in [1.807, 2.05) is 24.3 Å². The number of ether oxygens (including phenoxy) is 2. The zero-order valence-electron chi connectivity index (χ0n) is 25.5. The van der Waals surface area contributed by atoms with Crippen molar-refractivity contribution in [3.63, 3.8) is 0 Å². The van der Waals surface area contributed by atoms with Gasteiger partial charge in [0.15, 0.2) is 0 Å². The minimum Gasteiger partial charge on any atom is -0.457 e. The van der Waals surface area contributed by atoms with Gasteiger partial charge in [0.05, 0.1) is 9.85 Å². The molecule has 0 atom stereocenters. The van der Waals surface area contributed by atoms with Gasteiger partial charge in [-0.1, -0.05) is 44.0 Å². The summed E-state index contributed by atoms with van der Waals surface area (Å²) in [6.45, 7) is 2.38. The summed E-state index contributed by atoms with van der Waals surface area (Å²) in [5, 5.41) is 22.0. The smallest absolute Gasteiger partial charge is 0.269 e. The first-order valence-corrected chi connectivity index (χ1v) is 15.8. The van der Waals surface area contributed by atoms with Crippen LogP contribution in [0.5, 0.6) is 23.0 Å². The normalized spacial score (nSPS) is 19.8. The molecule has 0 unspecified atom stereocenters. The lowest BCUT2D eigenvalue weighted by Crippen LogP contribution is -2.35. The van der Waals surface area contributed by atoms with Crippen LogP contribution in [-0.4, -0.2) is 9.85 Å². The van der Waals surface area contributed by atoms with Gasteiger partial charge < -0.3 is 9.47 Å². The van der Waals surface area contributed by atoms with E-state index in [9.17, 15) is 20.2 Å². The molecule has 8 nitrogen and oxygen atoms in total. The second kappa shape index (κ2) is 13.1. The van der Waals surface area contributed by atoms with Gasteiger partial charge in [-0.2, -0.15) is 0 Å². The highest BCUT2D eigenvalue weighted by Crippen LogP contribution is 2.50. The Morgan fingerprint density at radius 2 is 0.867 bits per heavy atom. The highest BCUT2D eigenvalue weighted by Gasteiger charge is 2.40. The third-order valence-corrected chi connectivity index (χ3v) is 9.99. The van der Waals surface area contributed by atoms with Crippen molar-refractivity contribution < 1.29 is 19.3 Å². The van der Waals surface area contributed by atoms with E-state index in [2.05, 4.69) is 31.2 Å². The summed E-state index contributed by atoms with van der Waals surface area (Å²) >= 11 is 0. The number of non-ortho nitro benzene ring substituents is 2. The van der Waals surface area contributed by atoms with Crippen LogP contribution in [0.15, 0.2) is 97.1 Å². The largest absolute Gasteiger partial charge is 0.457 e. The van der Waals surface area contributed by atoms with Gasteiger partial charge >= 0.3 is 0 Å². The van der Waals surface area contributed by atoms with Crippen LogP contribution in [0.25, 0.3) is 0 Å². The summed E-state index contributed by atoms with van der Waals surface area (Å²) in [6, 6.07) is 28.8. The Balaban J connectivity index is 1.22. The molecule has 0 aliphatic heterocycles.